The highest BCUT2D eigenvalue weighted by atomic mass is 16.4. The highest BCUT2D eigenvalue weighted by Gasteiger charge is 2.38. The SMILES string of the molecule is Cc1c(C(C(=O)O)C2CC2)cnn1C. The molecule has 76 valence electrons. The highest BCUT2D eigenvalue weighted by molar-refractivity contribution is 5.77. The van der Waals surface area contributed by atoms with Crippen molar-refractivity contribution in [1.29, 1.82) is 0 Å². The first-order valence-corrected chi connectivity index (χ1v) is 4.82. The first-order valence-electron chi connectivity index (χ1n) is 4.82. The summed E-state index contributed by atoms with van der Waals surface area (Å²) in [5.74, 6) is -0.734. The van der Waals surface area contributed by atoms with Crippen molar-refractivity contribution in [2.75, 3.05) is 0 Å². The molecule has 1 heterocycles. The summed E-state index contributed by atoms with van der Waals surface area (Å²) in [5.41, 5.74) is 1.84. The Bertz CT molecular complexity index is 366. The molecule has 1 aliphatic rings. The number of rotatable bonds is 3. The summed E-state index contributed by atoms with van der Waals surface area (Å²) in [6.45, 7) is 1.92. The second-order valence-corrected chi connectivity index (χ2v) is 3.96. The van der Waals surface area contributed by atoms with Gasteiger partial charge in [-0.1, -0.05) is 0 Å². The number of carbonyl (C=O) groups is 1. The van der Waals surface area contributed by atoms with Crippen LogP contribution in [-0.4, -0.2) is 20.9 Å². The second-order valence-electron chi connectivity index (χ2n) is 3.96. The lowest BCUT2D eigenvalue weighted by Gasteiger charge is -2.10. The molecule has 0 aliphatic heterocycles. The van der Waals surface area contributed by atoms with E-state index >= 15 is 0 Å². The molecule has 14 heavy (non-hydrogen) atoms. The zero-order valence-corrected chi connectivity index (χ0v) is 8.40. The zero-order chi connectivity index (χ0) is 10.3. The molecule has 1 aromatic heterocycles. The zero-order valence-electron chi connectivity index (χ0n) is 8.40. The van der Waals surface area contributed by atoms with Crippen molar-refractivity contribution in [2.24, 2.45) is 13.0 Å². The molecular weight excluding hydrogens is 180 g/mol. The summed E-state index contributed by atoms with van der Waals surface area (Å²) in [5, 5.41) is 13.2. The fraction of sp³-hybridized carbons (Fsp3) is 0.600. The van der Waals surface area contributed by atoms with Gasteiger partial charge in [-0.15, -0.1) is 0 Å². The maximum atomic E-state index is 11.1. The van der Waals surface area contributed by atoms with Crippen LogP contribution in [0.1, 0.15) is 30.0 Å². The number of aliphatic carboxylic acids is 1. The van der Waals surface area contributed by atoms with Gasteiger partial charge in [0.25, 0.3) is 0 Å². The van der Waals surface area contributed by atoms with Crippen LogP contribution in [0, 0.1) is 12.8 Å². The minimum absolute atomic E-state index is 0.329. The van der Waals surface area contributed by atoms with E-state index in [1.807, 2.05) is 14.0 Å². The summed E-state index contributed by atoms with van der Waals surface area (Å²) in [7, 11) is 1.84. The Hall–Kier alpha value is -1.32. The molecule has 4 nitrogen and oxygen atoms in total. The number of carboxylic acids is 1. The maximum Gasteiger partial charge on any atom is 0.311 e. The minimum Gasteiger partial charge on any atom is -0.481 e. The summed E-state index contributed by atoms with van der Waals surface area (Å²) in [6, 6.07) is 0. The molecule has 1 atom stereocenters. The average Bonchev–Trinajstić information content (AvgIpc) is 2.88. The van der Waals surface area contributed by atoms with E-state index in [1.54, 1.807) is 10.9 Å². The van der Waals surface area contributed by atoms with Gasteiger partial charge < -0.3 is 5.11 Å². The Morgan fingerprint density at radius 1 is 1.71 bits per heavy atom. The monoisotopic (exact) mass is 194 g/mol. The van der Waals surface area contributed by atoms with Crippen LogP contribution in [0.3, 0.4) is 0 Å². The van der Waals surface area contributed by atoms with E-state index in [9.17, 15) is 4.79 Å². The third-order valence-corrected chi connectivity index (χ3v) is 2.97. The van der Waals surface area contributed by atoms with Crippen LogP contribution in [0.15, 0.2) is 6.20 Å². The molecule has 0 radical (unpaired) electrons. The number of hydrogen-bond donors (Lipinski definition) is 1. The smallest absolute Gasteiger partial charge is 0.311 e. The van der Waals surface area contributed by atoms with Crippen molar-refractivity contribution in [2.45, 2.75) is 25.7 Å². The standard InChI is InChI=1S/C10H14N2O2/c1-6-8(5-11-12(6)2)9(10(13)14)7-3-4-7/h5,7,9H,3-4H2,1-2H3,(H,13,14). The first kappa shape index (κ1) is 9.24. The molecule has 1 N–H and O–H groups in total. The van der Waals surface area contributed by atoms with Crippen molar-refractivity contribution >= 4 is 5.97 Å². The van der Waals surface area contributed by atoms with E-state index in [1.165, 1.54) is 0 Å². The topological polar surface area (TPSA) is 55.1 Å². The molecule has 1 aromatic rings. The molecule has 1 aliphatic carbocycles. The first-order chi connectivity index (χ1) is 6.61. The Morgan fingerprint density at radius 3 is 2.71 bits per heavy atom. The summed E-state index contributed by atoms with van der Waals surface area (Å²) >= 11 is 0. The molecule has 0 spiro atoms. The minimum atomic E-state index is -0.719. The van der Waals surface area contributed by atoms with Crippen molar-refractivity contribution < 1.29 is 9.90 Å². The van der Waals surface area contributed by atoms with Gasteiger partial charge in [0.2, 0.25) is 0 Å². The van der Waals surface area contributed by atoms with Crippen LogP contribution < -0.4 is 0 Å². The van der Waals surface area contributed by atoms with Gasteiger partial charge in [-0.25, -0.2) is 0 Å². The summed E-state index contributed by atoms with van der Waals surface area (Å²) < 4.78 is 1.73. The van der Waals surface area contributed by atoms with Crippen LogP contribution in [0.5, 0.6) is 0 Å². The number of aryl methyl sites for hydroxylation is 1. The van der Waals surface area contributed by atoms with Crippen molar-refractivity contribution in [3.05, 3.63) is 17.5 Å². The number of nitrogens with zero attached hydrogens (tertiary/aromatic N) is 2. The van der Waals surface area contributed by atoms with Gasteiger partial charge in [-0.3, -0.25) is 9.48 Å². The second kappa shape index (κ2) is 3.12. The molecule has 1 fully saturated rings. The predicted octanol–water partition coefficient (Wildman–Crippen LogP) is 1.31. The average molecular weight is 194 g/mol. The maximum absolute atomic E-state index is 11.1. The van der Waals surface area contributed by atoms with Crippen LogP contribution in [0.25, 0.3) is 0 Å². The van der Waals surface area contributed by atoms with Gasteiger partial charge in [0, 0.05) is 18.3 Å². The van der Waals surface area contributed by atoms with E-state index < -0.39 is 5.97 Å². The van der Waals surface area contributed by atoms with Crippen LogP contribution in [0.2, 0.25) is 0 Å². The van der Waals surface area contributed by atoms with Gasteiger partial charge >= 0.3 is 5.97 Å². The Balaban J connectivity index is 2.34. The molecule has 0 aromatic carbocycles. The fourth-order valence-corrected chi connectivity index (χ4v) is 1.84. The van der Waals surface area contributed by atoms with Crippen LogP contribution >= 0.6 is 0 Å². The lowest BCUT2D eigenvalue weighted by Crippen LogP contribution is -2.14. The lowest BCUT2D eigenvalue weighted by molar-refractivity contribution is -0.139. The quantitative estimate of drug-likeness (QED) is 0.789. The Kier molecular flexibility index (Phi) is 2.06. The van der Waals surface area contributed by atoms with Crippen LogP contribution in [0.4, 0.5) is 0 Å². The molecule has 4 heteroatoms. The normalized spacial score (nSPS) is 18.1. The van der Waals surface area contributed by atoms with E-state index in [0.717, 1.165) is 24.1 Å². The molecule has 2 rings (SSSR count). The number of aromatic nitrogens is 2. The van der Waals surface area contributed by atoms with Gasteiger partial charge in [0.05, 0.1) is 12.1 Å². The molecule has 0 amide bonds. The van der Waals surface area contributed by atoms with Gasteiger partial charge in [0.15, 0.2) is 0 Å². The largest absolute Gasteiger partial charge is 0.481 e. The fourth-order valence-electron chi connectivity index (χ4n) is 1.84. The lowest BCUT2D eigenvalue weighted by atomic mass is 9.95. The van der Waals surface area contributed by atoms with Gasteiger partial charge in [-0.05, 0) is 25.7 Å². The Labute approximate surface area is 82.5 Å². The van der Waals surface area contributed by atoms with Gasteiger partial charge in [0.1, 0.15) is 0 Å². The van der Waals surface area contributed by atoms with Crippen LogP contribution in [-0.2, 0) is 11.8 Å². The summed E-state index contributed by atoms with van der Waals surface area (Å²) in [6.07, 6.45) is 3.75. The molecule has 1 saturated carbocycles. The molecule has 0 bridgehead atoms. The van der Waals surface area contributed by atoms with E-state index in [2.05, 4.69) is 5.10 Å². The van der Waals surface area contributed by atoms with E-state index in [-0.39, 0.29) is 5.92 Å². The summed E-state index contributed by atoms with van der Waals surface area (Å²) in [4.78, 5) is 11.1. The molecule has 0 saturated heterocycles. The third kappa shape index (κ3) is 1.41. The highest BCUT2D eigenvalue weighted by Crippen LogP contribution is 2.43. The van der Waals surface area contributed by atoms with Crippen molar-refractivity contribution in [3.8, 4) is 0 Å². The van der Waals surface area contributed by atoms with Gasteiger partial charge in [-0.2, -0.15) is 5.10 Å². The third-order valence-electron chi connectivity index (χ3n) is 2.97. The predicted molar refractivity (Wildman–Crippen MR) is 51.0 cm³/mol. The number of carboxylic acid groups (broad SMARTS) is 1. The van der Waals surface area contributed by atoms with E-state index in [0.29, 0.717) is 5.92 Å². The molecule has 1 unspecified atom stereocenters. The van der Waals surface area contributed by atoms with E-state index in [4.69, 9.17) is 5.11 Å². The van der Waals surface area contributed by atoms with Crippen molar-refractivity contribution in [1.82, 2.24) is 9.78 Å². The molecular formula is C10H14N2O2. The Morgan fingerprint density at radius 2 is 2.36 bits per heavy atom. The van der Waals surface area contributed by atoms with Crippen molar-refractivity contribution in [3.63, 3.8) is 0 Å². The number of hydrogen-bond acceptors (Lipinski definition) is 2.